The number of pyridine rings is 1. The van der Waals surface area contributed by atoms with Crippen LogP contribution in [0.4, 0.5) is 0 Å². The molecule has 0 aliphatic heterocycles. The molecule has 1 N–H and O–H groups in total. The lowest BCUT2D eigenvalue weighted by molar-refractivity contribution is 0.0956. The molecular formula is C11H16N2OS. The van der Waals surface area contributed by atoms with Crippen LogP contribution in [-0.2, 0) is 4.74 Å². The van der Waals surface area contributed by atoms with E-state index in [1.54, 1.807) is 13.2 Å². The second-order valence-electron chi connectivity index (χ2n) is 3.12. The first-order valence-electron chi connectivity index (χ1n) is 5.03. The molecular weight excluding hydrogens is 208 g/mol. The zero-order valence-corrected chi connectivity index (χ0v) is 9.88. The lowest BCUT2D eigenvalue weighted by atomic mass is 10.2. The molecule has 0 aromatic carbocycles. The summed E-state index contributed by atoms with van der Waals surface area (Å²) in [6.07, 6.45) is 2.48. The van der Waals surface area contributed by atoms with Crippen LogP contribution < -0.4 is 5.32 Å². The summed E-state index contributed by atoms with van der Waals surface area (Å²) in [5.74, 6) is 0. The minimum absolute atomic E-state index is 0.230. The third-order valence-electron chi connectivity index (χ3n) is 1.93. The number of nitrogens with zero attached hydrogens (tertiary/aromatic N) is 1. The fraction of sp³-hybridized carbons (Fsp3) is 0.455. The second kappa shape index (κ2) is 6.48. The van der Waals surface area contributed by atoms with Crippen molar-refractivity contribution >= 4 is 17.2 Å². The van der Waals surface area contributed by atoms with E-state index in [0.29, 0.717) is 11.6 Å². The topological polar surface area (TPSA) is 34.1 Å². The summed E-state index contributed by atoms with van der Waals surface area (Å²) in [6.45, 7) is 2.75. The van der Waals surface area contributed by atoms with Crippen molar-refractivity contribution in [2.24, 2.45) is 0 Å². The molecule has 1 unspecified atom stereocenters. The summed E-state index contributed by atoms with van der Waals surface area (Å²) in [4.78, 5) is 4.92. The molecule has 1 heterocycles. The maximum Gasteiger partial charge on any atom is 0.149 e. The SMILES string of the molecule is CCCOC(C(=S)NC)c1ccccn1. The molecule has 1 aromatic heterocycles. The van der Waals surface area contributed by atoms with E-state index in [0.717, 1.165) is 12.1 Å². The summed E-state index contributed by atoms with van der Waals surface area (Å²) in [5, 5.41) is 2.94. The number of likely N-dealkylation sites (N-methyl/N-ethyl adjacent to an activating group) is 1. The third-order valence-corrected chi connectivity index (χ3v) is 2.35. The fourth-order valence-electron chi connectivity index (χ4n) is 1.19. The van der Waals surface area contributed by atoms with Gasteiger partial charge in [0.15, 0.2) is 0 Å². The first-order chi connectivity index (χ1) is 7.29. The van der Waals surface area contributed by atoms with Crippen LogP contribution in [0.25, 0.3) is 0 Å². The van der Waals surface area contributed by atoms with Crippen molar-refractivity contribution in [1.82, 2.24) is 10.3 Å². The maximum atomic E-state index is 5.66. The lowest BCUT2D eigenvalue weighted by Crippen LogP contribution is -2.26. The van der Waals surface area contributed by atoms with Crippen LogP contribution in [0.5, 0.6) is 0 Å². The van der Waals surface area contributed by atoms with Gasteiger partial charge in [0.2, 0.25) is 0 Å². The second-order valence-corrected chi connectivity index (χ2v) is 3.56. The molecule has 82 valence electrons. The van der Waals surface area contributed by atoms with Gasteiger partial charge in [-0.3, -0.25) is 4.98 Å². The average Bonchev–Trinajstić information content (AvgIpc) is 2.30. The van der Waals surface area contributed by atoms with Gasteiger partial charge in [0, 0.05) is 19.9 Å². The van der Waals surface area contributed by atoms with E-state index in [9.17, 15) is 0 Å². The molecule has 15 heavy (non-hydrogen) atoms. The Balaban J connectivity index is 2.76. The number of aromatic nitrogens is 1. The molecule has 0 saturated carbocycles. The van der Waals surface area contributed by atoms with Gasteiger partial charge in [0.05, 0.1) is 5.69 Å². The molecule has 0 fully saturated rings. The highest BCUT2D eigenvalue weighted by atomic mass is 32.1. The number of ether oxygens (including phenoxy) is 1. The van der Waals surface area contributed by atoms with Crippen molar-refractivity contribution < 1.29 is 4.74 Å². The molecule has 1 atom stereocenters. The predicted octanol–water partition coefficient (Wildman–Crippen LogP) is 2.10. The molecule has 0 aliphatic carbocycles. The number of nitrogens with one attached hydrogen (secondary N) is 1. The summed E-state index contributed by atoms with van der Waals surface area (Å²) in [6, 6.07) is 5.73. The Labute approximate surface area is 95.9 Å². The highest BCUT2D eigenvalue weighted by Crippen LogP contribution is 2.15. The van der Waals surface area contributed by atoms with Crippen LogP contribution in [0.15, 0.2) is 24.4 Å². The van der Waals surface area contributed by atoms with E-state index in [4.69, 9.17) is 17.0 Å². The summed E-state index contributed by atoms with van der Waals surface area (Å²) in [5.41, 5.74) is 0.852. The van der Waals surface area contributed by atoms with Crippen LogP contribution >= 0.6 is 12.2 Å². The fourth-order valence-corrected chi connectivity index (χ4v) is 1.38. The predicted molar refractivity (Wildman–Crippen MR) is 64.9 cm³/mol. The Hall–Kier alpha value is -1.00. The first-order valence-corrected chi connectivity index (χ1v) is 5.44. The molecule has 3 nitrogen and oxygen atoms in total. The van der Waals surface area contributed by atoms with Crippen molar-refractivity contribution in [3.8, 4) is 0 Å². The van der Waals surface area contributed by atoms with Crippen molar-refractivity contribution in [2.45, 2.75) is 19.4 Å². The van der Waals surface area contributed by atoms with Crippen LogP contribution in [-0.4, -0.2) is 23.6 Å². The van der Waals surface area contributed by atoms with Crippen LogP contribution in [0, 0.1) is 0 Å². The van der Waals surface area contributed by atoms with Gasteiger partial charge in [-0.05, 0) is 18.6 Å². The minimum Gasteiger partial charge on any atom is -0.380 e. The molecule has 1 aromatic rings. The molecule has 4 heteroatoms. The smallest absolute Gasteiger partial charge is 0.149 e. The van der Waals surface area contributed by atoms with Crippen molar-refractivity contribution in [1.29, 1.82) is 0 Å². The first kappa shape index (κ1) is 12.1. The largest absolute Gasteiger partial charge is 0.380 e. The van der Waals surface area contributed by atoms with Gasteiger partial charge in [0.1, 0.15) is 11.1 Å². The molecule has 0 aliphatic rings. The van der Waals surface area contributed by atoms with Crippen molar-refractivity contribution in [3.63, 3.8) is 0 Å². The van der Waals surface area contributed by atoms with Gasteiger partial charge in [-0.2, -0.15) is 0 Å². The quantitative estimate of drug-likeness (QED) is 0.777. The standard InChI is InChI=1S/C11H16N2OS/c1-3-8-14-10(11(15)12-2)9-6-4-5-7-13-9/h4-7,10H,3,8H2,1-2H3,(H,12,15). The van der Waals surface area contributed by atoms with Gasteiger partial charge in [-0.1, -0.05) is 25.2 Å². The lowest BCUT2D eigenvalue weighted by Gasteiger charge is -2.17. The summed E-state index contributed by atoms with van der Waals surface area (Å²) >= 11 is 5.20. The minimum atomic E-state index is -0.230. The van der Waals surface area contributed by atoms with Crippen molar-refractivity contribution in [2.75, 3.05) is 13.7 Å². The normalized spacial score (nSPS) is 12.1. The number of hydrogen-bond donors (Lipinski definition) is 1. The number of hydrogen-bond acceptors (Lipinski definition) is 3. The molecule has 1 rings (SSSR count). The molecule has 0 spiro atoms. The molecule has 0 saturated heterocycles. The average molecular weight is 224 g/mol. The van der Waals surface area contributed by atoms with E-state index >= 15 is 0 Å². The Kier molecular flexibility index (Phi) is 5.21. The Morgan fingerprint density at radius 1 is 1.60 bits per heavy atom. The van der Waals surface area contributed by atoms with E-state index in [1.807, 2.05) is 18.2 Å². The number of rotatable bonds is 5. The van der Waals surface area contributed by atoms with Gasteiger partial charge < -0.3 is 10.1 Å². The molecule has 0 amide bonds. The molecule has 0 bridgehead atoms. The van der Waals surface area contributed by atoms with E-state index < -0.39 is 0 Å². The monoisotopic (exact) mass is 224 g/mol. The zero-order chi connectivity index (χ0) is 11.1. The van der Waals surface area contributed by atoms with Crippen molar-refractivity contribution in [3.05, 3.63) is 30.1 Å². The third kappa shape index (κ3) is 3.57. The highest BCUT2D eigenvalue weighted by Gasteiger charge is 2.17. The highest BCUT2D eigenvalue weighted by molar-refractivity contribution is 7.80. The number of thiocarbonyl (C=S) groups is 1. The Morgan fingerprint density at radius 3 is 2.93 bits per heavy atom. The summed E-state index contributed by atoms with van der Waals surface area (Å²) < 4.78 is 5.66. The van der Waals surface area contributed by atoms with Gasteiger partial charge in [0.25, 0.3) is 0 Å². The van der Waals surface area contributed by atoms with Crippen LogP contribution in [0.2, 0.25) is 0 Å². The summed E-state index contributed by atoms with van der Waals surface area (Å²) in [7, 11) is 1.80. The van der Waals surface area contributed by atoms with Gasteiger partial charge >= 0.3 is 0 Å². The Morgan fingerprint density at radius 2 is 2.40 bits per heavy atom. The maximum absolute atomic E-state index is 5.66. The van der Waals surface area contributed by atoms with E-state index in [2.05, 4.69) is 17.2 Å². The van der Waals surface area contributed by atoms with Gasteiger partial charge in [-0.15, -0.1) is 0 Å². The van der Waals surface area contributed by atoms with Crippen LogP contribution in [0.1, 0.15) is 25.1 Å². The van der Waals surface area contributed by atoms with Crippen LogP contribution in [0.3, 0.4) is 0 Å². The van der Waals surface area contributed by atoms with E-state index in [1.165, 1.54) is 0 Å². The van der Waals surface area contributed by atoms with E-state index in [-0.39, 0.29) is 6.10 Å². The Bertz CT molecular complexity index is 303. The molecule has 0 radical (unpaired) electrons. The zero-order valence-electron chi connectivity index (χ0n) is 9.06. The van der Waals surface area contributed by atoms with Gasteiger partial charge in [-0.25, -0.2) is 0 Å².